The number of rotatable bonds is 6. The normalized spacial score (nSPS) is 33.2. The molecule has 1 amide bonds. The van der Waals surface area contributed by atoms with Crippen molar-refractivity contribution in [2.75, 3.05) is 18.5 Å². The van der Waals surface area contributed by atoms with E-state index in [1.54, 1.807) is 12.1 Å². The van der Waals surface area contributed by atoms with E-state index < -0.39 is 10.0 Å². The summed E-state index contributed by atoms with van der Waals surface area (Å²) in [5.74, 6) is 2.12. The van der Waals surface area contributed by atoms with E-state index in [-0.39, 0.29) is 34.0 Å². The lowest BCUT2D eigenvalue weighted by molar-refractivity contribution is -0.144. The molecule has 4 aliphatic carbocycles. The van der Waals surface area contributed by atoms with Crippen molar-refractivity contribution in [3.8, 4) is 0 Å². The van der Waals surface area contributed by atoms with Gasteiger partial charge in [0.2, 0.25) is 15.9 Å². The fraction of sp³-hybridized carbons (Fsp3) is 0.652. The van der Waals surface area contributed by atoms with Gasteiger partial charge >= 0.3 is 0 Å². The summed E-state index contributed by atoms with van der Waals surface area (Å²) in [4.78, 5) is 13.3. The van der Waals surface area contributed by atoms with Crippen LogP contribution in [0.2, 0.25) is 0 Å². The molecule has 3 N–H and O–H groups in total. The van der Waals surface area contributed by atoms with Gasteiger partial charge < -0.3 is 15.4 Å². The van der Waals surface area contributed by atoms with Crippen LogP contribution in [0, 0.1) is 23.2 Å². The van der Waals surface area contributed by atoms with Gasteiger partial charge in [0.1, 0.15) is 0 Å². The smallest absolute Gasteiger partial charge is 0.240 e. The Morgan fingerprint density at radius 2 is 1.69 bits per heavy atom. The largest absolute Gasteiger partial charge is 0.377 e. The highest BCUT2D eigenvalue weighted by atomic mass is 32.2. The molecule has 32 heavy (non-hydrogen) atoms. The quantitative estimate of drug-likeness (QED) is 0.545. The monoisotopic (exact) mass is 477 g/mol. The van der Waals surface area contributed by atoms with Crippen LogP contribution in [0.25, 0.3) is 0 Å². The van der Waals surface area contributed by atoms with E-state index in [0.717, 1.165) is 32.1 Å². The molecule has 4 bridgehead atoms. The zero-order chi connectivity index (χ0) is 22.3. The van der Waals surface area contributed by atoms with Gasteiger partial charge in [-0.3, -0.25) is 4.79 Å². The Morgan fingerprint density at radius 1 is 1.06 bits per heavy atom. The highest BCUT2D eigenvalue weighted by Crippen LogP contribution is 2.60. The van der Waals surface area contributed by atoms with Crippen LogP contribution in [-0.2, 0) is 19.6 Å². The number of sulfonamides is 1. The first-order valence-corrected chi connectivity index (χ1v) is 13.5. The van der Waals surface area contributed by atoms with Gasteiger partial charge in [-0.2, -0.15) is 0 Å². The fourth-order valence-corrected chi connectivity index (χ4v) is 7.87. The predicted octanol–water partition coefficient (Wildman–Crippen LogP) is 3.17. The van der Waals surface area contributed by atoms with E-state index in [2.05, 4.69) is 15.4 Å². The Balaban J connectivity index is 1.16. The maximum absolute atomic E-state index is 13.1. The van der Waals surface area contributed by atoms with E-state index in [0.29, 0.717) is 30.0 Å². The maximum Gasteiger partial charge on any atom is 0.240 e. The van der Waals surface area contributed by atoms with Gasteiger partial charge in [0.25, 0.3) is 0 Å². The molecule has 1 atom stereocenters. The standard InChI is InChI=1S/C23H31N3O4S2/c27-21(23-11-15-8-16(12-23)10-17(9-15)13-23)26-22(31)25-18-3-5-20(6-4-18)32(28,29)24-14-19-2-1-7-30-19/h3-6,15-17,19,24H,1-2,7-14H2,(H2,25,26,27,31). The summed E-state index contributed by atoms with van der Waals surface area (Å²) >= 11 is 5.39. The second-order valence-electron chi connectivity index (χ2n) is 10.1. The van der Waals surface area contributed by atoms with Gasteiger partial charge in [-0.1, -0.05) is 0 Å². The first-order chi connectivity index (χ1) is 15.3. The van der Waals surface area contributed by atoms with E-state index in [1.807, 2.05) is 0 Å². The molecule has 1 aromatic rings. The third-order valence-corrected chi connectivity index (χ3v) is 9.34. The Morgan fingerprint density at radius 3 is 2.25 bits per heavy atom. The molecular weight excluding hydrogens is 446 g/mol. The minimum Gasteiger partial charge on any atom is -0.377 e. The summed E-state index contributed by atoms with van der Waals surface area (Å²) in [6, 6.07) is 6.38. The van der Waals surface area contributed by atoms with Crippen LogP contribution in [-0.4, -0.2) is 38.7 Å². The van der Waals surface area contributed by atoms with Crippen molar-refractivity contribution in [2.45, 2.75) is 62.4 Å². The molecule has 1 heterocycles. The lowest BCUT2D eigenvalue weighted by Gasteiger charge is -2.55. The third-order valence-electron chi connectivity index (χ3n) is 7.69. The van der Waals surface area contributed by atoms with Crippen LogP contribution in [0.4, 0.5) is 5.69 Å². The van der Waals surface area contributed by atoms with Crippen molar-refractivity contribution in [1.82, 2.24) is 10.0 Å². The van der Waals surface area contributed by atoms with Crippen LogP contribution in [0.1, 0.15) is 51.4 Å². The van der Waals surface area contributed by atoms with Gasteiger partial charge in [0.15, 0.2) is 5.11 Å². The minimum atomic E-state index is -3.60. The number of thiocarbonyl (C=S) groups is 1. The fourth-order valence-electron chi connectivity index (χ4n) is 6.60. The summed E-state index contributed by atoms with van der Waals surface area (Å²) in [7, 11) is -3.60. The summed E-state index contributed by atoms with van der Waals surface area (Å²) in [5, 5.41) is 6.21. The van der Waals surface area contributed by atoms with Crippen LogP contribution < -0.4 is 15.4 Å². The van der Waals surface area contributed by atoms with Crippen molar-refractivity contribution in [2.24, 2.45) is 23.2 Å². The Hall–Kier alpha value is -1.55. The van der Waals surface area contributed by atoms with Gasteiger partial charge in [-0.05, 0) is 106 Å². The Labute approximate surface area is 195 Å². The van der Waals surface area contributed by atoms with Crippen molar-refractivity contribution < 1.29 is 17.9 Å². The number of benzene rings is 1. The third kappa shape index (κ3) is 4.58. The van der Waals surface area contributed by atoms with Gasteiger partial charge in [0, 0.05) is 18.8 Å². The minimum absolute atomic E-state index is 0.0478. The van der Waals surface area contributed by atoms with E-state index in [1.165, 1.54) is 31.4 Å². The Bertz CT molecular complexity index is 952. The molecule has 5 fully saturated rings. The summed E-state index contributed by atoms with van der Waals surface area (Å²) in [6.45, 7) is 0.967. The molecule has 1 saturated heterocycles. The maximum atomic E-state index is 13.1. The lowest BCUT2D eigenvalue weighted by atomic mass is 9.49. The van der Waals surface area contributed by atoms with Gasteiger partial charge in [-0.15, -0.1) is 0 Å². The lowest BCUT2D eigenvalue weighted by Crippen LogP contribution is -2.55. The number of nitrogens with one attached hydrogen (secondary N) is 3. The second kappa shape index (κ2) is 8.66. The molecular formula is C23H31N3O4S2. The molecule has 1 unspecified atom stereocenters. The van der Waals surface area contributed by atoms with Gasteiger partial charge in [-0.25, -0.2) is 13.1 Å². The summed E-state index contributed by atoms with van der Waals surface area (Å²) in [5.41, 5.74) is 0.381. The zero-order valence-corrected chi connectivity index (χ0v) is 19.8. The molecule has 0 spiro atoms. The van der Waals surface area contributed by atoms with Crippen LogP contribution in [0.15, 0.2) is 29.2 Å². The number of anilines is 1. The number of hydrogen-bond donors (Lipinski definition) is 3. The number of hydrogen-bond acceptors (Lipinski definition) is 5. The highest BCUT2D eigenvalue weighted by Gasteiger charge is 2.54. The molecule has 5 aliphatic rings. The highest BCUT2D eigenvalue weighted by molar-refractivity contribution is 7.89. The summed E-state index contributed by atoms with van der Waals surface area (Å²) in [6.07, 6.45) is 8.59. The molecule has 9 heteroatoms. The predicted molar refractivity (Wildman–Crippen MR) is 126 cm³/mol. The van der Waals surface area contributed by atoms with Crippen molar-refractivity contribution in [1.29, 1.82) is 0 Å². The van der Waals surface area contributed by atoms with Crippen LogP contribution >= 0.6 is 12.2 Å². The van der Waals surface area contributed by atoms with Gasteiger partial charge in [0.05, 0.1) is 16.4 Å². The average Bonchev–Trinajstić information content (AvgIpc) is 3.25. The molecule has 1 aliphatic heterocycles. The van der Waals surface area contributed by atoms with E-state index in [4.69, 9.17) is 17.0 Å². The topological polar surface area (TPSA) is 96.5 Å². The van der Waals surface area contributed by atoms with E-state index >= 15 is 0 Å². The number of carbonyl (C=O) groups is 1. The number of amides is 1. The molecule has 1 aromatic carbocycles. The Kier molecular flexibility index (Phi) is 6.03. The van der Waals surface area contributed by atoms with Crippen molar-refractivity contribution in [3.05, 3.63) is 24.3 Å². The molecule has 174 valence electrons. The zero-order valence-electron chi connectivity index (χ0n) is 18.1. The summed E-state index contributed by atoms with van der Waals surface area (Å²) < 4.78 is 33.1. The second-order valence-corrected chi connectivity index (χ2v) is 12.3. The first kappa shape index (κ1) is 22.3. The number of carbonyl (C=O) groups excluding carboxylic acids is 1. The molecule has 0 radical (unpaired) electrons. The number of ether oxygens (including phenoxy) is 1. The molecule has 7 nitrogen and oxygen atoms in total. The molecule has 6 rings (SSSR count). The van der Waals surface area contributed by atoms with Crippen molar-refractivity contribution >= 4 is 38.9 Å². The molecule has 4 saturated carbocycles. The van der Waals surface area contributed by atoms with Crippen LogP contribution in [0.5, 0.6) is 0 Å². The SMILES string of the molecule is O=C(NC(=S)Nc1ccc(S(=O)(=O)NCC2CCCO2)cc1)C12CC3CC(CC(C3)C1)C2. The van der Waals surface area contributed by atoms with Crippen molar-refractivity contribution in [3.63, 3.8) is 0 Å². The van der Waals surface area contributed by atoms with Crippen LogP contribution in [0.3, 0.4) is 0 Å². The molecule has 0 aromatic heterocycles. The first-order valence-electron chi connectivity index (χ1n) is 11.7. The average molecular weight is 478 g/mol. The van der Waals surface area contributed by atoms with E-state index in [9.17, 15) is 13.2 Å².